The molecule has 3 aromatic rings. The van der Waals surface area contributed by atoms with Crippen molar-refractivity contribution < 1.29 is 9.59 Å². The van der Waals surface area contributed by atoms with Gasteiger partial charge in [0.2, 0.25) is 11.8 Å². The molecule has 31 heavy (non-hydrogen) atoms. The first-order valence-electron chi connectivity index (χ1n) is 10.7. The van der Waals surface area contributed by atoms with Crippen molar-refractivity contribution in [3.8, 4) is 0 Å². The SMILES string of the molecule is CC(C)C[C@H](NC(=O)[C@H]1CC(=O)N(Cc2ccccc2Cl)C1)c1nc2ccccc2[nH]1. The molecule has 6 nitrogen and oxygen atoms in total. The summed E-state index contributed by atoms with van der Waals surface area (Å²) in [5, 5.41) is 3.78. The average molecular weight is 439 g/mol. The van der Waals surface area contributed by atoms with Crippen molar-refractivity contribution in [1.82, 2.24) is 20.2 Å². The number of amides is 2. The number of H-pyrrole nitrogens is 1. The third kappa shape index (κ3) is 4.90. The summed E-state index contributed by atoms with van der Waals surface area (Å²) in [7, 11) is 0. The van der Waals surface area contributed by atoms with Crippen molar-refractivity contribution in [3.05, 3.63) is 64.9 Å². The van der Waals surface area contributed by atoms with Crippen molar-refractivity contribution in [2.24, 2.45) is 11.8 Å². The number of carbonyl (C=O) groups is 2. The average Bonchev–Trinajstić information content (AvgIpc) is 3.32. The largest absolute Gasteiger partial charge is 0.346 e. The molecule has 1 saturated heterocycles. The quantitative estimate of drug-likeness (QED) is 0.571. The predicted molar refractivity (Wildman–Crippen MR) is 121 cm³/mol. The Bertz CT molecular complexity index is 1060. The van der Waals surface area contributed by atoms with Gasteiger partial charge in [0.25, 0.3) is 0 Å². The number of aromatic amines is 1. The second-order valence-corrected chi connectivity index (χ2v) is 9.00. The molecule has 162 valence electrons. The highest BCUT2D eigenvalue weighted by Gasteiger charge is 2.35. The fraction of sp³-hybridized carbons (Fsp3) is 0.375. The first-order chi connectivity index (χ1) is 14.9. The zero-order valence-electron chi connectivity index (χ0n) is 17.8. The van der Waals surface area contributed by atoms with E-state index >= 15 is 0 Å². The van der Waals surface area contributed by atoms with Crippen molar-refractivity contribution >= 4 is 34.4 Å². The van der Waals surface area contributed by atoms with E-state index in [9.17, 15) is 9.59 Å². The molecule has 7 heteroatoms. The van der Waals surface area contributed by atoms with Gasteiger partial charge >= 0.3 is 0 Å². The normalized spacial score (nSPS) is 17.5. The van der Waals surface area contributed by atoms with Crippen LogP contribution in [0.15, 0.2) is 48.5 Å². The molecule has 1 aromatic heterocycles. The summed E-state index contributed by atoms with van der Waals surface area (Å²) >= 11 is 6.24. The molecule has 1 aliphatic heterocycles. The van der Waals surface area contributed by atoms with Crippen molar-refractivity contribution in [1.29, 1.82) is 0 Å². The third-order valence-electron chi connectivity index (χ3n) is 5.67. The molecule has 1 aliphatic rings. The van der Waals surface area contributed by atoms with Gasteiger partial charge in [-0.15, -0.1) is 0 Å². The van der Waals surface area contributed by atoms with E-state index in [0.717, 1.165) is 28.8 Å². The number of para-hydroxylation sites is 2. The Morgan fingerprint density at radius 1 is 1.23 bits per heavy atom. The Hall–Kier alpha value is -2.86. The van der Waals surface area contributed by atoms with Gasteiger partial charge in [0.15, 0.2) is 0 Å². The molecule has 0 unspecified atom stereocenters. The van der Waals surface area contributed by atoms with Crippen LogP contribution < -0.4 is 5.32 Å². The Morgan fingerprint density at radius 2 is 1.97 bits per heavy atom. The molecular weight excluding hydrogens is 412 g/mol. The lowest BCUT2D eigenvalue weighted by Crippen LogP contribution is -2.36. The van der Waals surface area contributed by atoms with E-state index in [4.69, 9.17) is 11.6 Å². The highest BCUT2D eigenvalue weighted by Crippen LogP contribution is 2.26. The first kappa shape index (κ1) is 21.4. The number of fused-ring (bicyclic) bond motifs is 1. The number of nitrogens with one attached hydrogen (secondary N) is 2. The summed E-state index contributed by atoms with van der Waals surface area (Å²) in [6.07, 6.45) is 0.973. The number of carbonyl (C=O) groups excluding carboxylic acids is 2. The van der Waals surface area contributed by atoms with Gasteiger partial charge in [-0.2, -0.15) is 0 Å². The van der Waals surface area contributed by atoms with Gasteiger partial charge in [0, 0.05) is 24.5 Å². The molecule has 4 rings (SSSR count). The van der Waals surface area contributed by atoms with Crippen LogP contribution in [-0.4, -0.2) is 33.2 Å². The van der Waals surface area contributed by atoms with E-state index in [2.05, 4.69) is 29.1 Å². The number of hydrogen-bond donors (Lipinski definition) is 2. The molecule has 1 fully saturated rings. The lowest BCUT2D eigenvalue weighted by molar-refractivity contribution is -0.129. The predicted octanol–water partition coefficient (Wildman–Crippen LogP) is 4.47. The molecule has 2 amide bonds. The topological polar surface area (TPSA) is 78.1 Å². The summed E-state index contributed by atoms with van der Waals surface area (Å²) in [5.74, 6) is 0.611. The first-order valence-corrected chi connectivity index (χ1v) is 11.0. The molecule has 2 N–H and O–H groups in total. The fourth-order valence-electron chi connectivity index (χ4n) is 4.07. The number of rotatable bonds is 7. The zero-order chi connectivity index (χ0) is 22.0. The Labute approximate surface area is 187 Å². The highest BCUT2D eigenvalue weighted by atomic mass is 35.5. The van der Waals surface area contributed by atoms with Crippen LogP contribution >= 0.6 is 11.6 Å². The minimum Gasteiger partial charge on any atom is -0.346 e. The smallest absolute Gasteiger partial charge is 0.226 e. The maximum Gasteiger partial charge on any atom is 0.226 e. The van der Waals surface area contributed by atoms with Gasteiger partial charge < -0.3 is 15.2 Å². The van der Waals surface area contributed by atoms with Gasteiger partial charge in [0.05, 0.1) is 23.0 Å². The third-order valence-corrected chi connectivity index (χ3v) is 6.03. The lowest BCUT2D eigenvalue weighted by Gasteiger charge is -2.21. The number of aromatic nitrogens is 2. The summed E-state index contributed by atoms with van der Waals surface area (Å²) < 4.78 is 0. The van der Waals surface area contributed by atoms with Crippen molar-refractivity contribution in [2.45, 2.75) is 39.3 Å². The summed E-state index contributed by atoms with van der Waals surface area (Å²) in [6.45, 7) is 5.05. The van der Waals surface area contributed by atoms with E-state index < -0.39 is 0 Å². The van der Waals surface area contributed by atoms with E-state index in [1.807, 2.05) is 48.5 Å². The number of nitrogens with zero attached hydrogens (tertiary/aromatic N) is 2. The van der Waals surface area contributed by atoms with Gasteiger partial charge in [-0.05, 0) is 36.1 Å². The molecule has 0 aliphatic carbocycles. The number of benzene rings is 2. The summed E-state index contributed by atoms with van der Waals surface area (Å²) in [6, 6.07) is 15.1. The van der Waals surface area contributed by atoms with Crippen molar-refractivity contribution in [2.75, 3.05) is 6.54 Å². The van der Waals surface area contributed by atoms with Crippen LogP contribution in [0, 0.1) is 11.8 Å². The van der Waals surface area contributed by atoms with Crippen LogP contribution in [0.2, 0.25) is 5.02 Å². The van der Waals surface area contributed by atoms with Gasteiger partial charge in [0.1, 0.15) is 5.82 Å². The fourth-order valence-corrected chi connectivity index (χ4v) is 4.27. The Morgan fingerprint density at radius 3 is 2.71 bits per heavy atom. The molecule has 0 saturated carbocycles. The van der Waals surface area contributed by atoms with Gasteiger partial charge in [-0.25, -0.2) is 4.98 Å². The van der Waals surface area contributed by atoms with E-state index in [1.54, 1.807) is 4.90 Å². The molecule has 2 aromatic carbocycles. The molecule has 0 bridgehead atoms. The van der Waals surface area contributed by atoms with Gasteiger partial charge in [-0.3, -0.25) is 9.59 Å². The van der Waals surface area contributed by atoms with E-state index in [0.29, 0.717) is 24.0 Å². The minimum absolute atomic E-state index is 0.0239. The van der Waals surface area contributed by atoms with Crippen molar-refractivity contribution in [3.63, 3.8) is 0 Å². The summed E-state index contributed by atoms with van der Waals surface area (Å²) in [5.41, 5.74) is 2.71. The maximum absolute atomic E-state index is 13.1. The second kappa shape index (κ2) is 9.10. The molecule has 0 radical (unpaired) electrons. The highest BCUT2D eigenvalue weighted by molar-refractivity contribution is 6.31. The van der Waals surface area contributed by atoms with Crippen LogP contribution in [0.5, 0.6) is 0 Å². The van der Waals surface area contributed by atoms with E-state index in [-0.39, 0.29) is 30.2 Å². The van der Waals surface area contributed by atoms with Crippen LogP contribution in [-0.2, 0) is 16.1 Å². The standard InChI is InChI=1S/C24H27ClN4O2/c1-15(2)11-21(23-26-19-9-5-6-10-20(19)27-23)28-24(31)17-12-22(30)29(14-17)13-16-7-3-4-8-18(16)25/h3-10,15,17,21H,11-14H2,1-2H3,(H,26,27)(H,28,31)/t17-,21-/m0/s1. The Kier molecular flexibility index (Phi) is 6.28. The van der Waals surface area contributed by atoms with Gasteiger partial charge in [-0.1, -0.05) is 55.8 Å². The molecule has 0 spiro atoms. The zero-order valence-corrected chi connectivity index (χ0v) is 18.5. The number of imidazole rings is 1. The monoisotopic (exact) mass is 438 g/mol. The molecular formula is C24H27ClN4O2. The number of hydrogen-bond acceptors (Lipinski definition) is 3. The van der Waals surface area contributed by atoms with Crippen LogP contribution in [0.4, 0.5) is 0 Å². The summed E-state index contributed by atoms with van der Waals surface area (Å²) in [4.78, 5) is 35.3. The lowest BCUT2D eigenvalue weighted by atomic mass is 10.0. The number of halogens is 1. The molecule has 2 atom stereocenters. The maximum atomic E-state index is 13.1. The minimum atomic E-state index is -0.381. The van der Waals surface area contributed by atoms with Crippen LogP contribution in [0.1, 0.15) is 44.1 Å². The number of likely N-dealkylation sites (tertiary alicyclic amines) is 1. The second-order valence-electron chi connectivity index (χ2n) is 8.60. The van der Waals surface area contributed by atoms with Crippen LogP contribution in [0.3, 0.4) is 0 Å². The Balaban J connectivity index is 1.46. The van der Waals surface area contributed by atoms with Crippen LogP contribution in [0.25, 0.3) is 11.0 Å². The molecule has 2 heterocycles. The van der Waals surface area contributed by atoms with E-state index in [1.165, 1.54) is 0 Å².